The second kappa shape index (κ2) is 6.13. The lowest BCUT2D eigenvalue weighted by molar-refractivity contribution is 0.0785. The van der Waals surface area contributed by atoms with Crippen molar-refractivity contribution in [2.45, 2.75) is 95.8 Å². The van der Waals surface area contributed by atoms with Crippen molar-refractivity contribution in [3.8, 4) is 0 Å². The van der Waals surface area contributed by atoms with Gasteiger partial charge in [0.15, 0.2) is 0 Å². The summed E-state index contributed by atoms with van der Waals surface area (Å²) in [7, 11) is 0. The van der Waals surface area contributed by atoms with Crippen LogP contribution in [0, 0.1) is 5.92 Å². The Morgan fingerprint density at radius 3 is 2.32 bits per heavy atom. The van der Waals surface area contributed by atoms with Crippen molar-refractivity contribution in [1.82, 2.24) is 10.2 Å². The Hall–Kier alpha value is -0.0800. The van der Waals surface area contributed by atoms with E-state index < -0.39 is 0 Å². The fourth-order valence-corrected chi connectivity index (χ4v) is 4.67. The molecule has 3 aliphatic rings. The van der Waals surface area contributed by atoms with Gasteiger partial charge < -0.3 is 5.32 Å². The van der Waals surface area contributed by atoms with Gasteiger partial charge in [-0.05, 0) is 57.9 Å². The first-order chi connectivity index (χ1) is 9.26. The minimum absolute atomic E-state index is 0.813. The number of hydrogen-bond donors (Lipinski definition) is 1. The van der Waals surface area contributed by atoms with Gasteiger partial charge in [0.2, 0.25) is 0 Å². The second-order valence-electron chi connectivity index (χ2n) is 7.38. The van der Waals surface area contributed by atoms with Crippen molar-refractivity contribution >= 4 is 0 Å². The quantitative estimate of drug-likeness (QED) is 0.789. The van der Waals surface area contributed by atoms with Crippen molar-refractivity contribution in [1.29, 1.82) is 0 Å². The second-order valence-corrected chi connectivity index (χ2v) is 7.38. The van der Waals surface area contributed by atoms with Crippen LogP contribution in [0.4, 0.5) is 0 Å². The predicted octanol–water partition coefficient (Wildman–Crippen LogP) is 3.56. The van der Waals surface area contributed by atoms with Crippen LogP contribution in [-0.2, 0) is 0 Å². The highest BCUT2D eigenvalue weighted by Gasteiger charge is 2.37. The third-order valence-electron chi connectivity index (χ3n) is 5.86. The van der Waals surface area contributed by atoms with E-state index in [2.05, 4.69) is 24.1 Å². The van der Waals surface area contributed by atoms with Gasteiger partial charge in [-0.15, -0.1) is 0 Å². The van der Waals surface area contributed by atoms with E-state index in [1.807, 2.05) is 0 Å². The lowest BCUT2D eigenvalue weighted by Gasteiger charge is -2.43. The molecule has 3 rings (SSSR count). The molecule has 0 spiro atoms. The van der Waals surface area contributed by atoms with Gasteiger partial charge in [0, 0.05) is 24.2 Å². The SMILES string of the molecule is CCCN(C(C)CC1CCC1)C1CC2CCC(C1)N2. The summed E-state index contributed by atoms with van der Waals surface area (Å²) >= 11 is 0. The molecule has 2 aliphatic heterocycles. The molecule has 19 heavy (non-hydrogen) atoms. The molecule has 2 nitrogen and oxygen atoms in total. The first-order valence-electron chi connectivity index (χ1n) is 8.78. The summed E-state index contributed by atoms with van der Waals surface area (Å²) in [5, 5.41) is 3.79. The van der Waals surface area contributed by atoms with E-state index in [0.717, 1.165) is 30.1 Å². The summed E-state index contributed by atoms with van der Waals surface area (Å²) in [6.45, 7) is 6.16. The van der Waals surface area contributed by atoms with Gasteiger partial charge in [-0.3, -0.25) is 4.90 Å². The maximum absolute atomic E-state index is 3.79. The van der Waals surface area contributed by atoms with Gasteiger partial charge in [0.05, 0.1) is 0 Å². The lowest BCUT2D eigenvalue weighted by atomic mass is 9.80. The Labute approximate surface area is 119 Å². The molecule has 2 saturated heterocycles. The van der Waals surface area contributed by atoms with E-state index in [0.29, 0.717) is 0 Å². The topological polar surface area (TPSA) is 15.3 Å². The highest BCUT2D eigenvalue weighted by Crippen LogP contribution is 2.35. The van der Waals surface area contributed by atoms with E-state index in [-0.39, 0.29) is 0 Å². The smallest absolute Gasteiger partial charge is 0.0128 e. The molecule has 2 bridgehead atoms. The molecule has 3 fully saturated rings. The Kier molecular flexibility index (Phi) is 4.48. The molecule has 0 aromatic heterocycles. The largest absolute Gasteiger partial charge is 0.311 e. The van der Waals surface area contributed by atoms with E-state index in [1.165, 1.54) is 64.3 Å². The first-order valence-corrected chi connectivity index (χ1v) is 8.78. The Balaban J connectivity index is 1.58. The summed E-state index contributed by atoms with van der Waals surface area (Å²) < 4.78 is 0. The number of nitrogens with zero attached hydrogens (tertiary/aromatic N) is 1. The molecule has 2 heterocycles. The number of fused-ring (bicyclic) bond motifs is 2. The normalized spacial score (nSPS) is 36.5. The fraction of sp³-hybridized carbons (Fsp3) is 1.00. The standard InChI is InChI=1S/C17H32N2/c1-3-9-19(13(2)10-14-5-4-6-14)17-11-15-7-8-16(12-17)18-15/h13-18H,3-12H2,1-2H3. The highest BCUT2D eigenvalue weighted by atomic mass is 15.2. The van der Waals surface area contributed by atoms with Crippen LogP contribution >= 0.6 is 0 Å². The van der Waals surface area contributed by atoms with Crippen LogP contribution in [-0.4, -0.2) is 35.6 Å². The molecule has 1 aliphatic carbocycles. The van der Waals surface area contributed by atoms with Gasteiger partial charge >= 0.3 is 0 Å². The maximum atomic E-state index is 3.79. The Bertz CT molecular complexity index is 275. The van der Waals surface area contributed by atoms with Crippen LogP contribution in [0.2, 0.25) is 0 Å². The van der Waals surface area contributed by atoms with Gasteiger partial charge in [0.1, 0.15) is 0 Å². The van der Waals surface area contributed by atoms with Crippen LogP contribution in [0.5, 0.6) is 0 Å². The monoisotopic (exact) mass is 264 g/mol. The molecular weight excluding hydrogens is 232 g/mol. The summed E-state index contributed by atoms with van der Waals surface area (Å²) in [5.74, 6) is 1.05. The van der Waals surface area contributed by atoms with Crippen molar-refractivity contribution in [3.63, 3.8) is 0 Å². The zero-order valence-electron chi connectivity index (χ0n) is 12.9. The Morgan fingerprint density at radius 1 is 1.11 bits per heavy atom. The van der Waals surface area contributed by atoms with Gasteiger partial charge in [-0.2, -0.15) is 0 Å². The summed E-state index contributed by atoms with van der Waals surface area (Å²) in [6.07, 6.45) is 12.9. The molecule has 2 heteroatoms. The third kappa shape index (κ3) is 3.16. The number of nitrogens with one attached hydrogen (secondary N) is 1. The van der Waals surface area contributed by atoms with Crippen molar-refractivity contribution in [3.05, 3.63) is 0 Å². The van der Waals surface area contributed by atoms with E-state index in [1.54, 1.807) is 0 Å². The summed E-state index contributed by atoms with van der Waals surface area (Å²) in [6, 6.07) is 3.35. The van der Waals surface area contributed by atoms with Crippen molar-refractivity contribution in [2.75, 3.05) is 6.54 Å². The van der Waals surface area contributed by atoms with E-state index in [9.17, 15) is 0 Å². The predicted molar refractivity (Wildman–Crippen MR) is 81.4 cm³/mol. The molecular formula is C17H32N2. The molecule has 0 radical (unpaired) electrons. The molecule has 0 aromatic rings. The Morgan fingerprint density at radius 2 is 1.79 bits per heavy atom. The first kappa shape index (κ1) is 13.9. The molecule has 0 aromatic carbocycles. The average Bonchev–Trinajstić information content (AvgIpc) is 2.69. The summed E-state index contributed by atoms with van der Waals surface area (Å²) in [4.78, 5) is 2.88. The maximum Gasteiger partial charge on any atom is 0.0128 e. The van der Waals surface area contributed by atoms with E-state index in [4.69, 9.17) is 0 Å². The number of piperidine rings is 1. The lowest BCUT2D eigenvalue weighted by Crippen LogP contribution is -2.51. The van der Waals surface area contributed by atoms with Crippen LogP contribution in [0.1, 0.15) is 71.6 Å². The highest BCUT2D eigenvalue weighted by molar-refractivity contribution is 4.96. The van der Waals surface area contributed by atoms with Gasteiger partial charge in [0.25, 0.3) is 0 Å². The molecule has 1 N–H and O–H groups in total. The van der Waals surface area contributed by atoms with Gasteiger partial charge in [-0.25, -0.2) is 0 Å². The van der Waals surface area contributed by atoms with Crippen LogP contribution in [0.3, 0.4) is 0 Å². The minimum atomic E-state index is 0.813. The average molecular weight is 264 g/mol. The van der Waals surface area contributed by atoms with Crippen LogP contribution in [0.15, 0.2) is 0 Å². The van der Waals surface area contributed by atoms with E-state index >= 15 is 0 Å². The third-order valence-corrected chi connectivity index (χ3v) is 5.86. The molecule has 1 saturated carbocycles. The van der Waals surface area contributed by atoms with Crippen LogP contribution in [0.25, 0.3) is 0 Å². The fourth-order valence-electron chi connectivity index (χ4n) is 4.67. The zero-order chi connectivity index (χ0) is 13.2. The van der Waals surface area contributed by atoms with Gasteiger partial charge in [-0.1, -0.05) is 26.2 Å². The molecule has 3 atom stereocenters. The minimum Gasteiger partial charge on any atom is -0.311 e. The molecule has 0 amide bonds. The number of rotatable bonds is 6. The van der Waals surface area contributed by atoms with Crippen molar-refractivity contribution in [2.24, 2.45) is 5.92 Å². The number of hydrogen-bond acceptors (Lipinski definition) is 2. The summed E-state index contributed by atoms with van der Waals surface area (Å²) in [5.41, 5.74) is 0. The van der Waals surface area contributed by atoms with Crippen LogP contribution < -0.4 is 5.32 Å². The van der Waals surface area contributed by atoms with Crippen molar-refractivity contribution < 1.29 is 0 Å². The molecule has 3 unspecified atom stereocenters. The molecule has 110 valence electrons. The zero-order valence-corrected chi connectivity index (χ0v) is 12.9.